The molecule has 9 heteroatoms. The van der Waals surface area contributed by atoms with Crippen LogP contribution >= 0.6 is 0 Å². The molecule has 4 rings (SSSR count). The summed E-state index contributed by atoms with van der Waals surface area (Å²) < 4.78 is 6.70. The van der Waals surface area contributed by atoms with Gasteiger partial charge in [-0.2, -0.15) is 10.2 Å². The third kappa shape index (κ3) is 4.59. The molecular formula is C25H26N6O3. The number of rotatable bonds is 7. The molecule has 0 atom stereocenters. The highest BCUT2D eigenvalue weighted by Gasteiger charge is 2.17. The second-order valence-electron chi connectivity index (χ2n) is 8.02. The summed E-state index contributed by atoms with van der Waals surface area (Å²) in [6.07, 6.45) is 1.48. The van der Waals surface area contributed by atoms with Crippen LogP contribution in [0.2, 0.25) is 0 Å². The Labute approximate surface area is 197 Å². The summed E-state index contributed by atoms with van der Waals surface area (Å²) in [6.45, 7) is 7.91. The number of aromatic amines is 1. The predicted molar refractivity (Wildman–Crippen MR) is 128 cm³/mol. The van der Waals surface area contributed by atoms with E-state index in [1.807, 2.05) is 38.1 Å². The summed E-state index contributed by atoms with van der Waals surface area (Å²) in [5.74, 6) is 0.859. The van der Waals surface area contributed by atoms with Crippen LogP contribution in [0.5, 0.6) is 0 Å². The molecular weight excluding hydrogens is 432 g/mol. The van der Waals surface area contributed by atoms with Gasteiger partial charge < -0.3 is 10.1 Å². The number of hydrogen-bond acceptors (Lipinski definition) is 6. The quantitative estimate of drug-likeness (QED) is 0.394. The van der Waals surface area contributed by atoms with Gasteiger partial charge in [-0.3, -0.25) is 9.89 Å². The maximum atomic E-state index is 12.9. The van der Waals surface area contributed by atoms with Crippen molar-refractivity contribution < 1.29 is 14.3 Å². The smallest absolute Gasteiger partial charge is 0.341 e. The number of carbonyl (C=O) groups is 2. The fourth-order valence-corrected chi connectivity index (χ4v) is 3.47. The van der Waals surface area contributed by atoms with Crippen molar-refractivity contribution in [1.82, 2.24) is 25.0 Å². The van der Waals surface area contributed by atoms with E-state index in [9.17, 15) is 9.59 Å². The Morgan fingerprint density at radius 3 is 2.53 bits per heavy atom. The Bertz CT molecular complexity index is 1320. The maximum Gasteiger partial charge on any atom is 0.341 e. The lowest BCUT2D eigenvalue weighted by atomic mass is 10.1. The Morgan fingerprint density at radius 2 is 1.85 bits per heavy atom. The van der Waals surface area contributed by atoms with Crippen LogP contribution in [0.4, 0.5) is 5.69 Å². The van der Waals surface area contributed by atoms with Crippen LogP contribution in [0, 0.1) is 6.92 Å². The molecule has 0 radical (unpaired) electrons. The third-order valence-corrected chi connectivity index (χ3v) is 5.34. The third-order valence-electron chi connectivity index (χ3n) is 5.34. The van der Waals surface area contributed by atoms with Crippen molar-refractivity contribution in [1.29, 1.82) is 0 Å². The standard InChI is InChI=1S/C25H26N6O3/c1-5-34-25(33)20-14-26-31(16(20)4)18-12-10-17(11-13-18)24(32)27-21-9-7-6-8-19(21)23-28-22(15(2)3)29-30-23/h6-15H,5H2,1-4H3,(H,27,32)(H,28,29,30). The average Bonchev–Trinajstić information content (AvgIpc) is 3.47. The highest BCUT2D eigenvalue weighted by molar-refractivity contribution is 6.06. The van der Waals surface area contributed by atoms with Crippen LogP contribution in [0.15, 0.2) is 54.7 Å². The number of anilines is 1. The van der Waals surface area contributed by atoms with Crippen molar-refractivity contribution >= 4 is 17.6 Å². The molecule has 0 saturated heterocycles. The second-order valence-corrected chi connectivity index (χ2v) is 8.02. The predicted octanol–water partition coefficient (Wildman–Crippen LogP) is 4.52. The highest BCUT2D eigenvalue weighted by atomic mass is 16.5. The summed E-state index contributed by atoms with van der Waals surface area (Å²) >= 11 is 0. The van der Waals surface area contributed by atoms with Crippen molar-refractivity contribution in [2.24, 2.45) is 0 Å². The summed E-state index contributed by atoms with van der Waals surface area (Å²) in [5.41, 5.74) is 3.63. The van der Waals surface area contributed by atoms with Crippen molar-refractivity contribution in [2.75, 3.05) is 11.9 Å². The molecule has 1 amide bonds. The minimum absolute atomic E-state index is 0.216. The van der Waals surface area contributed by atoms with Crippen LogP contribution in [0.1, 0.15) is 58.9 Å². The lowest BCUT2D eigenvalue weighted by Crippen LogP contribution is -2.13. The number of benzene rings is 2. The number of aromatic nitrogens is 5. The summed E-state index contributed by atoms with van der Waals surface area (Å²) in [4.78, 5) is 29.5. The Balaban J connectivity index is 1.53. The van der Waals surface area contributed by atoms with Crippen molar-refractivity contribution in [3.05, 3.63) is 77.4 Å². The van der Waals surface area contributed by atoms with E-state index in [1.54, 1.807) is 42.8 Å². The maximum absolute atomic E-state index is 12.9. The number of hydrogen-bond donors (Lipinski definition) is 2. The minimum Gasteiger partial charge on any atom is -0.462 e. The van der Waals surface area contributed by atoms with Crippen LogP contribution in [-0.4, -0.2) is 43.4 Å². The van der Waals surface area contributed by atoms with Crippen LogP contribution in [0.25, 0.3) is 17.1 Å². The molecule has 0 fully saturated rings. The van der Waals surface area contributed by atoms with Crippen LogP contribution in [-0.2, 0) is 4.74 Å². The molecule has 0 aliphatic rings. The molecule has 0 saturated carbocycles. The molecule has 0 unspecified atom stereocenters. The molecule has 174 valence electrons. The van der Waals surface area contributed by atoms with Gasteiger partial charge in [-0.05, 0) is 50.2 Å². The molecule has 9 nitrogen and oxygen atoms in total. The molecule has 34 heavy (non-hydrogen) atoms. The first-order valence-electron chi connectivity index (χ1n) is 11.0. The zero-order valence-electron chi connectivity index (χ0n) is 19.5. The van der Waals surface area contributed by atoms with Gasteiger partial charge in [0.25, 0.3) is 5.91 Å². The number of amides is 1. The van der Waals surface area contributed by atoms with Gasteiger partial charge in [0, 0.05) is 17.0 Å². The largest absolute Gasteiger partial charge is 0.462 e. The lowest BCUT2D eigenvalue weighted by Gasteiger charge is -2.10. The molecule has 0 aliphatic heterocycles. The van der Waals surface area contributed by atoms with E-state index < -0.39 is 5.97 Å². The van der Waals surface area contributed by atoms with E-state index in [0.717, 1.165) is 17.1 Å². The van der Waals surface area contributed by atoms with Gasteiger partial charge in [0.15, 0.2) is 5.82 Å². The van der Waals surface area contributed by atoms with Gasteiger partial charge in [-0.25, -0.2) is 14.5 Å². The second kappa shape index (κ2) is 9.70. The molecule has 2 N–H and O–H groups in total. The fourth-order valence-electron chi connectivity index (χ4n) is 3.47. The fraction of sp³-hybridized carbons (Fsp3) is 0.240. The molecule has 0 spiro atoms. The summed E-state index contributed by atoms with van der Waals surface area (Å²) in [5, 5.41) is 14.5. The molecule has 0 bridgehead atoms. The zero-order chi connectivity index (χ0) is 24.2. The van der Waals surface area contributed by atoms with Crippen molar-refractivity contribution in [2.45, 2.75) is 33.6 Å². The molecule has 4 aromatic rings. The zero-order valence-corrected chi connectivity index (χ0v) is 19.5. The van der Waals surface area contributed by atoms with E-state index in [-0.39, 0.29) is 11.8 Å². The van der Waals surface area contributed by atoms with E-state index in [2.05, 4.69) is 25.6 Å². The number of nitrogens with zero attached hydrogens (tertiary/aromatic N) is 4. The number of H-pyrrole nitrogens is 1. The summed E-state index contributed by atoms with van der Waals surface area (Å²) in [6, 6.07) is 14.4. The van der Waals surface area contributed by atoms with E-state index in [4.69, 9.17) is 4.74 Å². The molecule has 2 aromatic heterocycles. The van der Waals surface area contributed by atoms with E-state index in [0.29, 0.717) is 34.9 Å². The number of ether oxygens (including phenoxy) is 1. The van der Waals surface area contributed by atoms with Gasteiger partial charge in [0.05, 0.1) is 29.9 Å². The van der Waals surface area contributed by atoms with Crippen molar-refractivity contribution in [3.8, 4) is 17.1 Å². The first-order chi connectivity index (χ1) is 16.4. The van der Waals surface area contributed by atoms with Gasteiger partial charge in [-0.1, -0.05) is 26.0 Å². The van der Waals surface area contributed by atoms with Gasteiger partial charge in [-0.15, -0.1) is 0 Å². The topological polar surface area (TPSA) is 115 Å². The van der Waals surface area contributed by atoms with Crippen molar-refractivity contribution in [3.63, 3.8) is 0 Å². The summed E-state index contributed by atoms with van der Waals surface area (Å²) in [7, 11) is 0. The Kier molecular flexibility index (Phi) is 6.53. The first-order valence-corrected chi connectivity index (χ1v) is 11.0. The first kappa shape index (κ1) is 22.9. The van der Waals surface area contributed by atoms with Crippen LogP contribution < -0.4 is 5.32 Å². The monoisotopic (exact) mass is 458 g/mol. The Morgan fingerprint density at radius 1 is 1.12 bits per heavy atom. The number of nitrogens with one attached hydrogen (secondary N) is 2. The average molecular weight is 459 g/mol. The molecule has 2 aromatic carbocycles. The number of esters is 1. The normalized spacial score (nSPS) is 11.0. The Hall–Kier alpha value is -4.27. The lowest BCUT2D eigenvalue weighted by molar-refractivity contribution is 0.0525. The number of carbonyl (C=O) groups excluding carboxylic acids is 2. The SMILES string of the molecule is CCOC(=O)c1cnn(-c2ccc(C(=O)Nc3ccccc3-c3n[nH]c(C(C)C)n3)cc2)c1C. The van der Waals surface area contributed by atoms with Gasteiger partial charge >= 0.3 is 5.97 Å². The minimum atomic E-state index is -0.409. The van der Waals surface area contributed by atoms with E-state index in [1.165, 1.54) is 6.20 Å². The van der Waals surface area contributed by atoms with Gasteiger partial charge in [0.2, 0.25) is 0 Å². The number of para-hydroxylation sites is 1. The molecule has 2 heterocycles. The van der Waals surface area contributed by atoms with E-state index >= 15 is 0 Å². The highest BCUT2D eigenvalue weighted by Crippen LogP contribution is 2.26. The van der Waals surface area contributed by atoms with Gasteiger partial charge in [0.1, 0.15) is 11.4 Å². The van der Waals surface area contributed by atoms with Crippen LogP contribution in [0.3, 0.4) is 0 Å². The molecule has 0 aliphatic carbocycles.